The summed E-state index contributed by atoms with van der Waals surface area (Å²) < 4.78 is 0. The number of carbonyl (C=O) groups excluding carboxylic acids is 1. The lowest BCUT2D eigenvalue weighted by Gasteiger charge is -2.23. The highest BCUT2D eigenvalue weighted by Gasteiger charge is 2.24. The molecular formula is C13H27N3O3. The molecular weight excluding hydrogens is 246 g/mol. The van der Waals surface area contributed by atoms with Crippen LogP contribution in [0, 0.1) is 11.3 Å². The van der Waals surface area contributed by atoms with Crippen LogP contribution in [0.4, 0.5) is 4.79 Å². The summed E-state index contributed by atoms with van der Waals surface area (Å²) in [5, 5.41) is 17.4. The van der Waals surface area contributed by atoms with Gasteiger partial charge in [-0.15, -0.1) is 0 Å². The third-order valence-corrected chi connectivity index (χ3v) is 2.61. The highest BCUT2D eigenvalue weighted by atomic mass is 16.4. The summed E-state index contributed by atoms with van der Waals surface area (Å²) in [5.41, 5.74) is -0.0754. The Hall–Kier alpha value is -1.30. The van der Waals surface area contributed by atoms with E-state index in [1.807, 2.05) is 27.8 Å². The fraction of sp³-hybridized carbons (Fsp3) is 0.846. The Bertz CT molecular complexity index is 287. The Morgan fingerprint density at radius 2 is 1.79 bits per heavy atom. The van der Waals surface area contributed by atoms with E-state index in [4.69, 9.17) is 5.11 Å². The van der Waals surface area contributed by atoms with Gasteiger partial charge in [-0.3, -0.25) is 4.79 Å². The van der Waals surface area contributed by atoms with Crippen molar-refractivity contribution in [2.75, 3.05) is 26.7 Å². The fourth-order valence-corrected chi connectivity index (χ4v) is 1.73. The smallest absolute Gasteiger partial charge is 0.314 e. The molecule has 112 valence electrons. The maximum atomic E-state index is 11.5. The number of rotatable bonds is 8. The Morgan fingerprint density at radius 3 is 2.26 bits per heavy atom. The number of amides is 2. The van der Waals surface area contributed by atoms with Crippen LogP contribution in [0.15, 0.2) is 0 Å². The first-order valence-electron chi connectivity index (χ1n) is 6.65. The number of nitrogens with one attached hydrogen (secondary N) is 3. The molecule has 0 saturated heterocycles. The summed E-state index contributed by atoms with van der Waals surface area (Å²) in [7, 11) is 1.85. The van der Waals surface area contributed by atoms with E-state index in [9.17, 15) is 9.59 Å². The van der Waals surface area contributed by atoms with Crippen LogP contribution >= 0.6 is 0 Å². The Kier molecular flexibility index (Phi) is 8.14. The molecule has 0 aromatic heterocycles. The van der Waals surface area contributed by atoms with E-state index in [1.165, 1.54) is 0 Å². The second-order valence-corrected chi connectivity index (χ2v) is 5.89. The highest BCUT2D eigenvalue weighted by Crippen LogP contribution is 2.24. The van der Waals surface area contributed by atoms with Crippen LogP contribution in [-0.4, -0.2) is 43.8 Å². The molecule has 1 atom stereocenters. The zero-order valence-corrected chi connectivity index (χ0v) is 12.4. The van der Waals surface area contributed by atoms with Gasteiger partial charge in [0.15, 0.2) is 0 Å². The van der Waals surface area contributed by atoms with Gasteiger partial charge in [-0.2, -0.15) is 0 Å². The molecule has 0 rings (SSSR count). The van der Waals surface area contributed by atoms with Gasteiger partial charge in [-0.25, -0.2) is 4.79 Å². The van der Waals surface area contributed by atoms with Gasteiger partial charge in [0, 0.05) is 13.1 Å². The van der Waals surface area contributed by atoms with E-state index in [-0.39, 0.29) is 18.0 Å². The third kappa shape index (κ3) is 10.3. The SMILES string of the molecule is CNCCCNC(=O)NCC(CC(C)(C)C)C(=O)O. The summed E-state index contributed by atoms with van der Waals surface area (Å²) >= 11 is 0. The molecule has 0 aliphatic carbocycles. The topological polar surface area (TPSA) is 90.5 Å². The summed E-state index contributed by atoms with van der Waals surface area (Å²) in [6, 6.07) is -0.309. The first-order valence-corrected chi connectivity index (χ1v) is 6.65. The fourth-order valence-electron chi connectivity index (χ4n) is 1.73. The zero-order valence-electron chi connectivity index (χ0n) is 12.4. The summed E-state index contributed by atoms with van der Waals surface area (Å²) in [6.45, 7) is 7.53. The molecule has 0 aliphatic rings. The molecule has 0 heterocycles. The molecule has 0 bridgehead atoms. The average molecular weight is 273 g/mol. The number of hydrogen-bond acceptors (Lipinski definition) is 3. The Labute approximate surface area is 115 Å². The van der Waals surface area contributed by atoms with E-state index >= 15 is 0 Å². The van der Waals surface area contributed by atoms with Gasteiger partial charge in [-0.1, -0.05) is 20.8 Å². The van der Waals surface area contributed by atoms with Crippen molar-refractivity contribution >= 4 is 12.0 Å². The summed E-state index contributed by atoms with van der Waals surface area (Å²) in [4.78, 5) is 22.6. The molecule has 19 heavy (non-hydrogen) atoms. The van der Waals surface area contributed by atoms with Gasteiger partial charge in [0.25, 0.3) is 0 Å². The van der Waals surface area contributed by atoms with Crippen molar-refractivity contribution in [1.82, 2.24) is 16.0 Å². The van der Waals surface area contributed by atoms with Crippen LogP contribution in [0.2, 0.25) is 0 Å². The predicted molar refractivity (Wildman–Crippen MR) is 75.1 cm³/mol. The molecule has 2 amide bonds. The quantitative estimate of drug-likeness (QED) is 0.497. The summed E-state index contributed by atoms with van der Waals surface area (Å²) in [6.07, 6.45) is 1.37. The second-order valence-electron chi connectivity index (χ2n) is 5.89. The second kappa shape index (κ2) is 8.74. The van der Waals surface area contributed by atoms with Gasteiger partial charge in [0.1, 0.15) is 0 Å². The molecule has 0 aromatic rings. The normalized spacial score (nSPS) is 12.8. The number of carboxylic acids is 1. The molecule has 0 fully saturated rings. The minimum absolute atomic E-state index is 0.0754. The standard InChI is InChI=1S/C13H27N3O3/c1-13(2,3)8-10(11(17)18)9-16-12(19)15-7-5-6-14-4/h10,14H,5-9H2,1-4H3,(H,17,18)(H2,15,16,19). The van der Waals surface area contributed by atoms with Crippen LogP contribution < -0.4 is 16.0 Å². The van der Waals surface area contributed by atoms with E-state index in [0.29, 0.717) is 13.0 Å². The van der Waals surface area contributed by atoms with Crippen molar-refractivity contribution in [3.63, 3.8) is 0 Å². The lowest BCUT2D eigenvalue weighted by molar-refractivity contribution is -0.142. The predicted octanol–water partition coefficient (Wildman–Crippen LogP) is 1.03. The first-order chi connectivity index (χ1) is 8.76. The van der Waals surface area contributed by atoms with E-state index in [2.05, 4.69) is 16.0 Å². The highest BCUT2D eigenvalue weighted by molar-refractivity contribution is 5.75. The van der Waals surface area contributed by atoms with Crippen LogP contribution in [0.1, 0.15) is 33.6 Å². The molecule has 0 radical (unpaired) electrons. The van der Waals surface area contributed by atoms with E-state index in [1.54, 1.807) is 0 Å². The molecule has 1 unspecified atom stereocenters. The zero-order chi connectivity index (χ0) is 14.9. The number of carbonyl (C=O) groups is 2. The van der Waals surface area contributed by atoms with Gasteiger partial charge >= 0.3 is 12.0 Å². The van der Waals surface area contributed by atoms with Crippen LogP contribution in [0.3, 0.4) is 0 Å². The number of urea groups is 1. The monoisotopic (exact) mass is 273 g/mol. The van der Waals surface area contributed by atoms with Crippen molar-refractivity contribution in [1.29, 1.82) is 0 Å². The van der Waals surface area contributed by atoms with Gasteiger partial charge in [0.2, 0.25) is 0 Å². The minimum Gasteiger partial charge on any atom is -0.481 e. The van der Waals surface area contributed by atoms with Gasteiger partial charge in [0.05, 0.1) is 5.92 Å². The first kappa shape index (κ1) is 17.7. The lowest BCUT2D eigenvalue weighted by Crippen LogP contribution is -2.41. The van der Waals surface area contributed by atoms with E-state index in [0.717, 1.165) is 13.0 Å². The number of aliphatic carboxylic acids is 1. The Balaban J connectivity index is 3.98. The molecule has 0 saturated carbocycles. The number of carboxylic acid groups (broad SMARTS) is 1. The van der Waals surface area contributed by atoms with Gasteiger partial charge in [-0.05, 0) is 31.8 Å². The van der Waals surface area contributed by atoms with Crippen molar-refractivity contribution in [2.45, 2.75) is 33.6 Å². The van der Waals surface area contributed by atoms with Crippen molar-refractivity contribution < 1.29 is 14.7 Å². The maximum Gasteiger partial charge on any atom is 0.314 e. The van der Waals surface area contributed by atoms with Crippen molar-refractivity contribution in [2.24, 2.45) is 11.3 Å². The maximum absolute atomic E-state index is 11.5. The molecule has 4 N–H and O–H groups in total. The molecule has 6 heteroatoms. The third-order valence-electron chi connectivity index (χ3n) is 2.61. The lowest BCUT2D eigenvalue weighted by atomic mass is 9.84. The average Bonchev–Trinajstić information content (AvgIpc) is 2.28. The van der Waals surface area contributed by atoms with Crippen LogP contribution in [0.25, 0.3) is 0 Å². The summed E-state index contributed by atoms with van der Waals surface area (Å²) in [5.74, 6) is -1.42. The molecule has 0 aromatic carbocycles. The largest absolute Gasteiger partial charge is 0.481 e. The van der Waals surface area contributed by atoms with Gasteiger partial charge < -0.3 is 21.1 Å². The molecule has 0 aliphatic heterocycles. The van der Waals surface area contributed by atoms with Crippen LogP contribution in [-0.2, 0) is 4.79 Å². The minimum atomic E-state index is -0.870. The Morgan fingerprint density at radius 1 is 1.16 bits per heavy atom. The van der Waals surface area contributed by atoms with E-state index < -0.39 is 11.9 Å². The van der Waals surface area contributed by atoms with Crippen molar-refractivity contribution in [3.05, 3.63) is 0 Å². The number of hydrogen-bond donors (Lipinski definition) is 4. The molecule has 6 nitrogen and oxygen atoms in total. The molecule has 0 spiro atoms. The van der Waals surface area contributed by atoms with Crippen LogP contribution in [0.5, 0.6) is 0 Å². The van der Waals surface area contributed by atoms with Crippen molar-refractivity contribution in [3.8, 4) is 0 Å².